The molecule has 4 aromatic rings. The molecule has 0 saturated carbocycles. The van der Waals surface area contributed by atoms with Crippen LogP contribution in [0.15, 0.2) is 64.8 Å². The summed E-state index contributed by atoms with van der Waals surface area (Å²) in [6.07, 6.45) is 4.55. The van der Waals surface area contributed by atoms with Crippen LogP contribution in [0.3, 0.4) is 0 Å². The number of nitrogens with zero attached hydrogens (tertiary/aromatic N) is 5. The molecule has 0 bridgehead atoms. The van der Waals surface area contributed by atoms with E-state index in [1.54, 1.807) is 38.4 Å². The molecule has 9 heteroatoms. The Hall–Kier alpha value is -4.14. The highest BCUT2D eigenvalue weighted by Crippen LogP contribution is 2.10. The van der Waals surface area contributed by atoms with Crippen LogP contribution in [0.25, 0.3) is 16.7 Å². The Morgan fingerprint density at radius 3 is 2.67 bits per heavy atom. The number of hydrogen-bond acceptors (Lipinski definition) is 6. The third kappa shape index (κ3) is 3.26. The van der Waals surface area contributed by atoms with Crippen molar-refractivity contribution in [2.75, 3.05) is 6.61 Å². The summed E-state index contributed by atoms with van der Waals surface area (Å²) in [5.41, 5.74) is 0.746. The lowest BCUT2D eigenvalue weighted by molar-refractivity contribution is 0.0523. The molecule has 0 radical (unpaired) electrons. The fraction of sp³-hybridized carbons (Fsp3) is 0.143. The van der Waals surface area contributed by atoms with Gasteiger partial charge in [-0.25, -0.2) is 9.78 Å². The van der Waals surface area contributed by atoms with Gasteiger partial charge in [-0.3, -0.25) is 19.0 Å². The summed E-state index contributed by atoms with van der Waals surface area (Å²) in [5.74, 6) is -1.25. The average molecular weight is 403 g/mol. The minimum absolute atomic E-state index is 0.00374. The first kappa shape index (κ1) is 19.2. The van der Waals surface area contributed by atoms with Crippen LogP contribution in [0.1, 0.15) is 27.6 Å². The summed E-state index contributed by atoms with van der Waals surface area (Å²) >= 11 is 0. The van der Waals surface area contributed by atoms with Gasteiger partial charge in [-0.05, 0) is 37.3 Å². The monoisotopic (exact) mass is 403 g/mol. The number of aromatic nitrogens is 4. The Balaban J connectivity index is 2.08. The van der Waals surface area contributed by atoms with E-state index in [4.69, 9.17) is 4.74 Å². The first-order valence-electron chi connectivity index (χ1n) is 9.18. The van der Waals surface area contributed by atoms with E-state index in [0.29, 0.717) is 16.9 Å². The van der Waals surface area contributed by atoms with Crippen molar-refractivity contribution in [3.63, 3.8) is 0 Å². The number of ether oxygens (including phenoxy) is 1. The van der Waals surface area contributed by atoms with E-state index in [2.05, 4.69) is 15.0 Å². The number of rotatable bonds is 3. The van der Waals surface area contributed by atoms with Gasteiger partial charge in [0.25, 0.3) is 11.5 Å². The lowest BCUT2D eigenvalue weighted by Gasteiger charge is -2.11. The van der Waals surface area contributed by atoms with Crippen molar-refractivity contribution in [2.45, 2.75) is 6.92 Å². The molecule has 150 valence electrons. The molecule has 4 heterocycles. The average Bonchev–Trinajstić information content (AvgIpc) is 2.77. The molecule has 9 nitrogen and oxygen atoms in total. The lowest BCUT2D eigenvalue weighted by atomic mass is 10.2. The Labute approximate surface area is 169 Å². The van der Waals surface area contributed by atoms with E-state index < -0.39 is 11.9 Å². The largest absolute Gasteiger partial charge is 0.462 e. The summed E-state index contributed by atoms with van der Waals surface area (Å²) in [7, 11) is 1.59. The highest BCUT2D eigenvalue weighted by atomic mass is 16.5. The van der Waals surface area contributed by atoms with Crippen LogP contribution in [-0.4, -0.2) is 37.4 Å². The first-order valence-corrected chi connectivity index (χ1v) is 9.18. The van der Waals surface area contributed by atoms with Crippen LogP contribution < -0.4 is 11.0 Å². The maximum Gasteiger partial charge on any atom is 0.341 e. The van der Waals surface area contributed by atoms with E-state index in [1.807, 2.05) is 0 Å². The van der Waals surface area contributed by atoms with Gasteiger partial charge in [0.05, 0.1) is 12.0 Å². The van der Waals surface area contributed by atoms with E-state index >= 15 is 0 Å². The Bertz CT molecular complexity index is 1420. The Morgan fingerprint density at radius 1 is 1.17 bits per heavy atom. The van der Waals surface area contributed by atoms with Crippen molar-refractivity contribution >= 4 is 28.6 Å². The van der Waals surface area contributed by atoms with Gasteiger partial charge in [0, 0.05) is 31.2 Å². The van der Waals surface area contributed by atoms with Crippen LogP contribution in [0, 0.1) is 0 Å². The highest BCUT2D eigenvalue weighted by Gasteiger charge is 2.18. The lowest BCUT2D eigenvalue weighted by Crippen LogP contribution is -2.31. The smallest absolute Gasteiger partial charge is 0.341 e. The Morgan fingerprint density at radius 2 is 1.93 bits per heavy atom. The number of esters is 1. The number of hydrogen-bond donors (Lipinski definition) is 0. The molecule has 0 aliphatic rings. The van der Waals surface area contributed by atoms with Crippen LogP contribution in [0.5, 0.6) is 0 Å². The van der Waals surface area contributed by atoms with Gasteiger partial charge in [0.1, 0.15) is 16.9 Å². The van der Waals surface area contributed by atoms with Gasteiger partial charge in [0.2, 0.25) is 0 Å². The zero-order chi connectivity index (χ0) is 21.3. The van der Waals surface area contributed by atoms with Crippen LogP contribution in [0.4, 0.5) is 0 Å². The molecule has 1 amide bonds. The third-order valence-electron chi connectivity index (χ3n) is 4.54. The van der Waals surface area contributed by atoms with Crippen LogP contribution in [-0.2, 0) is 11.8 Å². The molecule has 0 aromatic carbocycles. The fourth-order valence-corrected chi connectivity index (χ4v) is 3.11. The minimum Gasteiger partial charge on any atom is -0.462 e. The molecule has 0 spiro atoms. The summed E-state index contributed by atoms with van der Waals surface area (Å²) in [5, 5.41) is 0.208. The molecule has 0 aliphatic heterocycles. The number of fused-ring (bicyclic) bond motifs is 2. The van der Waals surface area contributed by atoms with Gasteiger partial charge in [0.15, 0.2) is 5.49 Å². The minimum atomic E-state index is -0.686. The quantitative estimate of drug-likeness (QED) is 0.379. The zero-order valence-electron chi connectivity index (χ0n) is 16.3. The SMILES string of the molecule is CCOC(=O)c1cc2c(=O)n3ccccc3nc2n(C)c1=NC(=O)c1ccncc1. The van der Waals surface area contributed by atoms with Crippen molar-refractivity contribution in [1.82, 2.24) is 18.9 Å². The molecule has 0 N–H and O–H groups in total. The maximum absolute atomic E-state index is 13.0. The van der Waals surface area contributed by atoms with Gasteiger partial charge in [-0.1, -0.05) is 6.07 Å². The second kappa shape index (κ2) is 7.70. The molecular weight excluding hydrogens is 386 g/mol. The second-order valence-electron chi connectivity index (χ2n) is 6.40. The van der Waals surface area contributed by atoms with Crippen molar-refractivity contribution in [2.24, 2.45) is 12.0 Å². The van der Waals surface area contributed by atoms with Crippen LogP contribution >= 0.6 is 0 Å². The zero-order valence-corrected chi connectivity index (χ0v) is 16.3. The van der Waals surface area contributed by atoms with E-state index in [9.17, 15) is 14.4 Å². The highest BCUT2D eigenvalue weighted by molar-refractivity contribution is 5.97. The van der Waals surface area contributed by atoms with Gasteiger partial charge in [-0.2, -0.15) is 4.99 Å². The van der Waals surface area contributed by atoms with Gasteiger partial charge >= 0.3 is 5.97 Å². The Kier molecular flexibility index (Phi) is 4.93. The second-order valence-corrected chi connectivity index (χ2v) is 6.40. The summed E-state index contributed by atoms with van der Waals surface area (Å²) in [6, 6.07) is 9.59. The number of carbonyl (C=O) groups excluding carboxylic acids is 2. The van der Waals surface area contributed by atoms with Gasteiger partial charge < -0.3 is 9.30 Å². The first-order chi connectivity index (χ1) is 14.5. The third-order valence-corrected chi connectivity index (χ3v) is 4.54. The van der Waals surface area contributed by atoms with Crippen LogP contribution in [0.2, 0.25) is 0 Å². The van der Waals surface area contributed by atoms with Gasteiger partial charge in [-0.15, -0.1) is 0 Å². The predicted molar refractivity (Wildman–Crippen MR) is 108 cm³/mol. The molecule has 0 saturated heterocycles. The predicted octanol–water partition coefficient (Wildman–Crippen LogP) is 1.50. The number of amides is 1. The molecule has 0 fully saturated rings. The van der Waals surface area contributed by atoms with Crippen molar-refractivity contribution < 1.29 is 14.3 Å². The maximum atomic E-state index is 13.0. The molecule has 4 aromatic heterocycles. The van der Waals surface area contributed by atoms with Crippen molar-refractivity contribution in [3.8, 4) is 0 Å². The number of aryl methyl sites for hydroxylation is 1. The van der Waals surface area contributed by atoms with E-state index in [-0.39, 0.29) is 28.6 Å². The van der Waals surface area contributed by atoms with Crippen molar-refractivity contribution in [3.05, 3.63) is 82.0 Å². The number of pyridine rings is 3. The van der Waals surface area contributed by atoms with E-state index in [0.717, 1.165) is 0 Å². The molecule has 30 heavy (non-hydrogen) atoms. The van der Waals surface area contributed by atoms with Crippen molar-refractivity contribution in [1.29, 1.82) is 0 Å². The molecular formula is C21H17N5O4. The summed E-state index contributed by atoms with van der Waals surface area (Å²) in [6.45, 7) is 1.80. The molecule has 0 unspecified atom stereocenters. The summed E-state index contributed by atoms with van der Waals surface area (Å²) in [4.78, 5) is 50.8. The standard InChI is InChI=1S/C21H17N5O4/c1-3-30-21(29)15-12-14-17(23-16-6-4-5-11-26(16)20(14)28)25(2)18(15)24-19(27)13-7-9-22-10-8-13/h4-12H,3H2,1-2H3. The topological polar surface area (TPSA) is 108 Å². The molecule has 0 aliphatic carbocycles. The normalized spacial score (nSPS) is 11.7. The van der Waals surface area contributed by atoms with E-state index in [1.165, 1.54) is 39.6 Å². The fourth-order valence-electron chi connectivity index (χ4n) is 3.11. The molecule has 4 rings (SSSR count). The summed E-state index contributed by atoms with van der Waals surface area (Å²) < 4.78 is 7.96. The molecule has 0 atom stereocenters. The number of carbonyl (C=O) groups is 2.